The summed E-state index contributed by atoms with van der Waals surface area (Å²) in [4.78, 5) is 34.5. The predicted octanol–water partition coefficient (Wildman–Crippen LogP) is 3.00. The summed E-state index contributed by atoms with van der Waals surface area (Å²) in [7, 11) is 0. The number of hydrogen-bond donors (Lipinski definition) is 2. The Labute approximate surface area is 169 Å². The Morgan fingerprint density at radius 3 is 2.52 bits per heavy atom. The SMILES string of the molecule is CC(NC(=O)c1cccc([N+](=O)[O-])c1)C(=O)NCCCOC(C)c1ccccc1. The molecule has 0 fully saturated rings. The Kier molecular flexibility index (Phi) is 8.29. The third-order valence-corrected chi connectivity index (χ3v) is 4.32. The Morgan fingerprint density at radius 1 is 1.10 bits per heavy atom. The number of carbonyl (C=O) groups excluding carboxylic acids is 2. The smallest absolute Gasteiger partial charge is 0.270 e. The Bertz CT molecular complexity index is 841. The van der Waals surface area contributed by atoms with Crippen LogP contribution in [0.2, 0.25) is 0 Å². The third-order valence-electron chi connectivity index (χ3n) is 4.32. The van der Waals surface area contributed by atoms with Gasteiger partial charge < -0.3 is 15.4 Å². The second-order valence-corrected chi connectivity index (χ2v) is 6.57. The molecule has 0 bridgehead atoms. The van der Waals surface area contributed by atoms with Crippen molar-refractivity contribution in [2.75, 3.05) is 13.2 Å². The summed E-state index contributed by atoms with van der Waals surface area (Å²) in [6.45, 7) is 4.43. The fourth-order valence-corrected chi connectivity index (χ4v) is 2.62. The minimum atomic E-state index is -0.772. The maximum Gasteiger partial charge on any atom is 0.270 e. The highest BCUT2D eigenvalue weighted by atomic mass is 16.6. The summed E-state index contributed by atoms with van der Waals surface area (Å²) in [6, 6.07) is 14.4. The highest BCUT2D eigenvalue weighted by Crippen LogP contribution is 2.16. The van der Waals surface area contributed by atoms with Crippen LogP contribution in [-0.2, 0) is 9.53 Å². The predicted molar refractivity (Wildman–Crippen MR) is 108 cm³/mol. The van der Waals surface area contributed by atoms with Gasteiger partial charge in [0.15, 0.2) is 0 Å². The van der Waals surface area contributed by atoms with Gasteiger partial charge >= 0.3 is 0 Å². The Balaban J connectivity index is 1.70. The zero-order valence-electron chi connectivity index (χ0n) is 16.5. The van der Waals surface area contributed by atoms with Gasteiger partial charge in [0.05, 0.1) is 11.0 Å². The van der Waals surface area contributed by atoms with Gasteiger partial charge in [-0.15, -0.1) is 0 Å². The van der Waals surface area contributed by atoms with Crippen LogP contribution in [0.1, 0.15) is 42.3 Å². The maximum absolute atomic E-state index is 12.2. The number of nitro benzene ring substituents is 1. The first-order valence-electron chi connectivity index (χ1n) is 9.38. The van der Waals surface area contributed by atoms with Crippen molar-refractivity contribution in [3.05, 3.63) is 75.8 Å². The summed E-state index contributed by atoms with van der Waals surface area (Å²) in [5.41, 5.74) is 1.04. The monoisotopic (exact) mass is 399 g/mol. The van der Waals surface area contributed by atoms with Gasteiger partial charge in [-0.1, -0.05) is 36.4 Å². The van der Waals surface area contributed by atoms with Crippen molar-refractivity contribution >= 4 is 17.5 Å². The molecule has 2 aromatic rings. The molecule has 8 heteroatoms. The van der Waals surface area contributed by atoms with Gasteiger partial charge in [0, 0.05) is 30.8 Å². The van der Waals surface area contributed by atoms with Crippen molar-refractivity contribution in [3.8, 4) is 0 Å². The first-order chi connectivity index (χ1) is 13.9. The molecule has 0 radical (unpaired) electrons. The topological polar surface area (TPSA) is 111 Å². The van der Waals surface area contributed by atoms with Gasteiger partial charge in [-0.05, 0) is 31.9 Å². The number of carbonyl (C=O) groups is 2. The second kappa shape index (κ2) is 10.9. The molecule has 0 spiro atoms. The van der Waals surface area contributed by atoms with E-state index in [4.69, 9.17) is 4.74 Å². The van der Waals surface area contributed by atoms with Crippen LogP contribution in [0, 0.1) is 10.1 Å². The molecule has 0 aromatic heterocycles. The average molecular weight is 399 g/mol. The fourth-order valence-electron chi connectivity index (χ4n) is 2.62. The lowest BCUT2D eigenvalue weighted by atomic mass is 10.1. The summed E-state index contributed by atoms with van der Waals surface area (Å²) in [5.74, 6) is -0.878. The van der Waals surface area contributed by atoms with E-state index in [0.717, 1.165) is 5.56 Å². The molecule has 0 aliphatic heterocycles. The van der Waals surface area contributed by atoms with Crippen LogP contribution in [0.25, 0.3) is 0 Å². The molecule has 0 aliphatic rings. The van der Waals surface area contributed by atoms with E-state index in [1.165, 1.54) is 24.3 Å². The van der Waals surface area contributed by atoms with Gasteiger partial charge in [-0.25, -0.2) is 0 Å². The minimum absolute atomic E-state index is 0.0277. The molecule has 2 aromatic carbocycles. The van der Waals surface area contributed by atoms with Crippen LogP contribution in [0.4, 0.5) is 5.69 Å². The largest absolute Gasteiger partial charge is 0.374 e. The quantitative estimate of drug-likeness (QED) is 0.362. The number of amides is 2. The molecule has 2 N–H and O–H groups in total. The highest BCUT2D eigenvalue weighted by Gasteiger charge is 2.18. The molecular formula is C21H25N3O5. The van der Waals surface area contributed by atoms with Crippen molar-refractivity contribution in [2.45, 2.75) is 32.4 Å². The van der Waals surface area contributed by atoms with E-state index in [1.807, 2.05) is 37.3 Å². The molecule has 154 valence electrons. The van der Waals surface area contributed by atoms with Crippen molar-refractivity contribution < 1.29 is 19.2 Å². The van der Waals surface area contributed by atoms with Gasteiger partial charge in [0.25, 0.3) is 11.6 Å². The zero-order chi connectivity index (χ0) is 21.2. The standard InChI is InChI=1S/C21H25N3O5/c1-15(23-21(26)18-10-6-11-19(14-18)24(27)28)20(25)22-12-7-13-29-16(2)17-8-4-3-5-9-17/h3-6,8-11,14-16H,7,12-13H2,1-2H3,(H,22,25)(H,23,26). The van der Waals surface area contributed by atoms with Crippen molar-refractivity contribution in [3.63, 3.8) is 0 Å². The number of hydrogen-bond acceptors (Lipinski definition) is 5. The van der Waals surface area contributed by atoms with Crippen molar-refractivity contribution in [2.24, 2.45) is 0 Å². The molecule has 0 aliphatic carbocycles. The van der Waals surface area contributed by atoms with Gasteiger partial charge in [-0.2, -0.15) is 0 Å². The fraction of sp³-hybridized carbons (Fsp3) is 0.333. The zero-order valence-corrected chi connectivity index (χ0v) is 16.5. The number of rotatable bonds is 10. The second-order valence-electron chi connectivity index (χ2n) is 6.57. The van der Waals surface area contributed by atoms with Crippen LogP contribution in [0.15, 0.2) is 54.6 Å². The average Bonchev–Trinajstić information content (AvgIpc) is 2.73. The number of benzene rings is 2. The summed E-state index contributed by atoms with van der Waals surface area (Å²) >= 11 is 0. The van der Waals surface area contributed by atoms with E-state index in [0.29, 0.717) is 19.6 Å². The summed E-state index contributed by atoms with van der Waals surface area (Å²) in [6.07, 6.45) is 0.606. The van der Waals surface area contributed by atoms with Gasteiger partial charge in [0.1, 0.15) is 6.04 Å². The van der Waals surface area contributed by atoms with Crippen LogP contribution in [0.3, 0.4) is 0 Å². The molecule has 2 unspecified atom stereocenters. The number of non-ortho nitro benzene ring substituents is 1. The number of nitro groups is 1. The van der Waals surface area contributed by atoms with E-state index in [-0.39, 0.29) is 23.3 Å². The molecule has 2 atom stereocenters. The normalized spacial score (nSPS) is 12.6. The summed E-state index contributed by atoms with van der Waals surface area (Å²) in [5, 5.41) is 16.1. The Hall–Kier alpha value is -3.26. The number of nitrogens with one attached hydrogen (secondary N) is 2. The van der Waals surface area contributed by atoms with E-state index in [2.05, 4.69) is 10.6 Å². The molecule has 2 rings (SSSR count). The molecule has 0 saturated carbocycles. The molecule has 0 saturated heterocycles. The van der Waals surface area contributed by atoms with Crippen LogP contribution in [0.5, 0.6) is 0 Å². The lowest BCUT2D eigenvalue weighted by molar-refractivity contribution is -0.384. The maximum atomic E-state index is 12.2. The van der Waals surface area contributed by atoms with Crippen molar-refractivity contribution in [1.82, 2.24) is 10.6 Å². The molecule has 29 heavy (non-hydrogen) atoms. The van der Waals surface area contributed by atoms with E-state index < -0.39 is 16.9 Å². The van der Waals surface area contributed by atoms with Crippen molar-refractivity contribution in [1.29, 1.82) is 0 Å². The molecule has 2 amide bonds. The third kappa shape index (κ3) is 7.00. The van der Waals surface area contributed by atoms with Crippen LogP contribution in [-0.4, -0.2) is 35.9 Å². The molecule has 0 heterocycles. The number of ether oxygens (including phenoxy) is 1. The highest BCUT2D eigenvalue weighted by molar-refractivity contribution is 5.97. The van der Waals surface area contributed by atoms with Crippen LogP contribution >= 0.6 is 0 Å². The lowest BCUT2D eigenvalue weighted by Gasteiger charge is -2.15. The van der Waals surface area contributed by atoms with Gasteiger partial charge in [0.2, 0.25) is 5.91 Å². The first-order valence-corrected chi connectivity index (χ1v) is 9.38. The molecule has 8 nitrogen and oxygen atoms in total. The lowest BCUT2D eigenvalue weighted by Crippen LogP contribution is -2.45. The minimum Gasteiger partial charge on any atom is -0.374 e. The van der Waals surface area contributed by atoms with E-state index in [1.54, 1.807) is 6.92 Å². The first kappa shape index (κ1) is 22.0. The van der Waals surface area contributed by atoms with Crippen LogP contribution < -0.4 is 10.6 Å². The summed E-state index contributed by atoms with van der Waals surface area (Å²) < 4.78 is 5.75. The Morgan fingerprint density at radius 2 is 1.83 bits per heavy atom. The van der Waals surface area contributed by atoms with E-state index in [9.17, 15) is 19.7 Å². The van der Waals surface area contributed by atoms with Gasteiger partial charge in [-0.3, -0.25) is 19.7 Å². The number of nitrogens with zero attached hydrogens (tertiary/aromatic N) is 1. The molecular weight excluding hydrogens is 374 g/mol. The van der Waals surface area contributed by atoms with E-state index >= 15 is 0 Å².